The normalized spacial score (nSPS) is 12.0. The molecule has 0 saturated heterocycles. The maximum absolute atomic E-state index is 12.2. The Morgan fingerprint density at radius 1 is 1.28 bits per heavy atom. The highest BCUT2D eigenvalue weighted by Gasteiger charge is 2.29. The fourth-order valence-electron chi connectivity index (χ4n) is 2.27. The van der Waals surface area contributed by atoms with E-state index in [1.54, 1.807) is 26.2 Å². The molecule has 2 rings (SSSR count). The molecule has 2 aromatic rings. The first-order chi connectivity index (χ1) is 11.7. The number of aromatic hydroxyl groups is 1. The lowest BCUT2D eigenvalue weighted by atomic mass is 10.1. The number of hydrogen-bond acceptors (Lipinski definition) is 6. The molecule has 1 atom stereocenters. The van der Waals surface area contributed by atoms with Crippen LogP contribution in [0.25, 0.3) is 0 Å². The highest BCUT2D eigenvalue weighted by molar-refractivity contribution is 14.1. The van der Waals surface area contributed by atoms with Crippen molar-refractivity contribution in [1.29, 1.82) is 0 Å². The summed E-state index contributed by atoms with van der Waals surface area (Å²) in [6.07, 6.45) is 0.789. The second-order valence-corrected chi connectivity index (χ2v) is 6.95. The van der Waals surface area contributed by atoms with Gasteiger partial charge < -0.3 is 15.3 Å². The Balaban J connectivity index is 2.47. The third-order valence-corrected chi connectivity index (χ3v) is 4.95. The van der Waals surface area contributed by atoms with E-state index in [1.807, 2.05) is 36.7 Å². The third kappa shape index (κ3) is 3.48. The molecule has 0 aromatic heterocycles. The molecule has 0 saturated carbocycles. The number of benzene rings is 1. The van der Waals surface area contributed by atoms with Gasteiger partial charge >= 0.3 is 0 Å². The molecule has 8 heteroatoms. The van der Waals surface area contributed by atoms with Crippen molar-refractivity contribution in [2.24, 2.45) is 0 Å². The van der Waals surface area contributed by atoms with Crippen molar-refractivity contribution in [1.82, 2.24) is 4.90 Å². The predicted molar refractivity (Wildman–Crippen MR) is 107 cm³/mol. The third-order valence-electron chi connectivity index (χ3n) is 3.95. The zero-order chi connectivity index (χ0) is 18.9. The van der Waals surface area contributed by atoms with Gasteiger partial charge in [-0.3, -0.25) is 17.5 Å². The first-order valence-corrected chi connectivity index (χ1v) is 8.76. The smallest absolute Gasteiger partial charge is 0.257 e. The van der Waals surface area contributed by atoms with Gasteiger partial charge in [0, 0.05) is 20.1 Å². The summed E-state index contributed by atoms with van der Waals surface area (Å²) in [6, 6.07) is 4.73. The van der Waals surface area contributed by atoms with Crippen molar-refractivity contribution in [3.05, 3.63) is 44.2 Å². The monoisotopic (exact) mass is 457 g/mol. The van der Waals surface area contributed by atoms with Gasteiger partial charge in [-0.2, -0.15) is 0 Å². The Bertz CT molecular complexity index is 871. The fourth-order valence-corrected chi connectivity index (χ4v) is 3.12. The standard InChI is InChI=1S/C17H20IN3O4/c1-5-9(2)19-12-13(16(24)15(12)23)21(18)11-8-6-7-10(14(11)22)17(25)20(3)4/h6-9,19,22H,5H2,1-4H3/t9-/m0/s1. The Hall–Kier alpha value is -2.10. The van der Waals surface area contributed by atoms with E-state index in [9.17, 15) is 19.5 Å². The average Bonchev–Trinajstić information content (AvgIpc) is 2.59. The molecule has 0 aliphatic carbocycles. The lowest BCUT2D eigenvalue weighted by Crippen LogP contribution is -2.39. The van der Waals surface area contributed by atoms with Gasteiger partial charge in [-0.15, -0.1) is 0 Å². The van der Waals surface area contributed by atoms with Crippen molar-refractivity contribution in [3.63, 3.8) is 0 Å². The van der Waals surface area contributed by atoms with E-state index in [4.69, 9.17) is 0 Å². The molecular formula is C17H20IN3O4. The minimum Gasteiger partial charge on any atom is -0.505 e. The molecule has 0 bridgehead atoms. The number of nitrogens with zero attached hydrogens (tertiary/aromatic N) is 2. The molecule has 2 N–H and O–H groups in total. The van der Waals surface area contributed by atoms with Crippen molar-refractivity contribution in [3.8, 4) is 5.75 Å². The van der Waals surface area contributed by atoms with Crippen LogP contribution in [0.5, 0.6) is 5.75 Å². The number of para-hydroxylation sites is 1. The van der Waals surface area contributed by atoms with Gasteiger partial charge in [-0.1, -0.05) is 13.0 Å². The molecule has 7 nitrogen and oxygen atoms in total. The number of nitrogens with one attached hydrogen (secondary N) is 1. The number of anilines is 3. The minimum absolute atomic E-state index is 0.0297. The summed E-state index contributed by atoms with van der Waals surface area (Å²) in [6.45, 7) is 3.87. The number of carbonyl (C=O) groups is 1. The SMILES string of the molecule is CC[C@H](C)Nc1c(N(I)c2cccc(C(=O)N(C)C)c2O)c(=O)c1=O. The van der Waals surface area contributed by atoms with Gasteiger partial charge in [0.15, 0.2) is 5.75 Å². The van der Waals surface area contributed by atoms with E-state index in [-0.39, 0.29) is 40.3 Å². The summed E-state index contributed by atoms with van der Waals surface area (Å²) < 4.78 is 1.41. The Kier molecular flexibility index (Phi) is 5.71. The summed E-state index contributed by atoms with van der Waals surface area (Å²) in [5.41, 5.74) is -0.388. The Morgan fingerprint density at radius 3 is 2.48 bits per heavy atom. The maximum Gasteiger partial charge on any atom is 0.257 e. The van der Waals surface area contributed by atoms with Crippen LogP contribution in [-0.2, 0) is 0 Å². The van der Waals surface area contributed by atoms with Gasteiger partial charge in [0.25, 0.3) is 16.8 Å². The molecule has 0 aliphatic rings. The average molecular weight is 457 g/mol. The van der Waals surface area contributed by atoms with Crippen LogP contribution in [0.3, 0.4) is 0 Å². The minimum atomic E-state index is -0.621. The number of phenolic OH excluding ortho intramolecular Hbond substituents is 1. The van der Waals surface area contributed by atoms with Gasteiger partial charge in [-0.25, -0.2) is 0 Å². The molecular weight excluding hydrogens is 437 g/mol. The highest BCUT2D eigenvalue weighted by atomic mass is 127. The summed E-state index contributed by atoms with van der Waals surface area (Å²) >= 11 is 1.84. The fraction of sp³-hybridized carbons (Fsp3) is 0.353. The van der Waals surface area contributed by atoms with E-state index in [0.29, 0.717) is 0 Å². The number of amides is 1. The second-order valence-electron chi connectivity index (χ2n) is 5.99. The van der Waals surface area contributed by atoms with E-state index < -0.39 is 10.9 Å². The van der Waals surface area contributed by atoms with Crippen molar-refractivity contribution < 1.29 is 9.90 Å². The van der Waals surface area contributed by atoms with Crippen LogP contribution in [0.4, 0.5) is 17.1 Å². The van der Waals surface area contributed by atoms with Crippen LogP contribution in [-0.4, -0.2) is 36.1 Å². The van der Waals surface area contributed by atoms with Gasteiger partial charge in [0.05, 0.1) is 34.1 Å². The second kappa shape index (κ2) is 7.42. The van der Waals surface area contributed by atoms with Gasteiger partial charge in [-0.05, 0) is 25.5 Å². The zero-order valence-electron chi connectivity index (χ0n) is 14.5. The maximum atomic E-state index is 12.2. The largest absolute Gasteiger partial charge is 0.505 e. The first-order valence-electron chi connectivity index (χ1n) is 7.80. The zero-order valence-corrected chi connectivity index (χ0v) is 16.6. The molecule has 0 radical (unpaired) electrons. The summed E-state index contributed by atoms with van der Waals surface area (Å²) in [7, 11) is 3.17. The van der Waals surface area contributed by atoms with Crippen LogP contribution >= 0.6 is 22.9 Å². The summed E-state index contributed by atoms with van der Waals surface area (Å²) in [5, 5.41) is 13.5. The van der Waals surface area contributed by atoms with E-state index in [0.717, 1.165) is 6.42 Å². The Morgan fingerprint density at radius 2 is 1.92 bits per heavy atom. The lowest BCUT2D eigenvalue weighted by molar-refractivity contribution is 0.0824. The molecule has 0 spiro atoms. The van der Waals surface area contributed by atoms with Crippen LogP contribution in [0.15, 0.2) is 27.8 Å². The molecule has 134 valence electrons. The number of hydrogen-bond donors (Lipinski definition) is 2. The molecule has 2 aromatic carbocycles. The lowest BCUT2D eigenvalue weighted by Gasteiger charge is -2.24. The molecule has 1 amide bonds. The Labute approximate surface area is 159 Å². The number of phenols is 1. The van der Waals surface area contributed by atoms with Crippen LogP contribution in [0, 0.1) is 0 Å². The van der Waals surface area contributed by atoms with Crippen LogP contribution in [0.1, 0.15) is 30.6 Å². The van der Waals surface area contributed by atoms with Crippen molar-refractivity contribution in [2.45, 2.75) is 26.3 Å². The van der Waals surface area contributed by atoms with E-state index in [2.05, 4.69) is 5.32 Å². The highest BCUT2D eigenvalue weighted by Crippen LogP contribution is 2.39. The number of rotatable bonds is 6. The summed E-state index contributed by atoms with van der Waals surface area (Å²) in [4.78, 5) is 37.4. The number of carbonyl (C=O) groups excluding carboxylic acids is 1. The molecule has 25 heavy (non-hydrogen) atoms. The molecule has 0 unspecified atom stereocenters. The van der Waals surface area contributed by atoms with Gasteiger partial charge in [0.2, 0.25) is 0 Å². The first kappa shape index (κ1) is 19.2. The van der Waals surface area contributed by atoms with Crippen LogP contribution in [0.2, 0.25) is 0 Å². The molecule has 0 heterocycles. The van der Waals surface area contributed by atoms with E-state index in [1.165, 1.54) is 14.1 Å². The van der Waals surface area contributed by atoms with Crippen LogP contribution < -0.4 is 19.3 Å². The molecule has 0 aliphatic heterocycles. The van der Waals surface area contributed by atoms with Crippen molar-refractivity contribution in [2.75, 3.05) is 22.5 Å². The van der Waals surface area contributed by atoms with Crippen molar-refractivity contribution >= 4 is 45.8 Å². The van der Waals surface area contributed by atoms with Gasteiger partial charge in [0.1, 0.15) is 11.4 Å². The quantitative estimate of drug-likeness (QED) is 0.394. The summed E-state index contributed by atoms with van der Waals surface area (Å²) in [5.74, 6) is -0.592. The van der Waals surface area contributed by atoms with E-state index >= 15 is 0 Å². The number of halogens is 1. The molecule has 0 fully saturated rings. The topological polar surface area (TPSA) is 89.9 Å². The predicted octanol–water partition coefficient (Wildman–Crippen LogP) is 2.39.